The van der Waals surface area contributed by atoms with Gasteiger partial charge in [-0.25, -0.2) is 0 Å². The van der Waals surface area contributed by atoms with Gasteiger partial charge in [0.05, 0.1) is 24.2 Å². The lowest BCUT2D eigenvalue weighted by molar-refractivity contribution is -0.169. The number of carbonyl (C=O) groups is 1. The molecule has 6 atom stereocenters. The SMILES string of the molecule is CO[C@H]1[C@H]2C[C@H](O)CC[C@@H]2[C@H](C(=O)OCCl)C[C@@H]1O. The fourth-order valence-corrected chi connectivity index (χ4v) is 3.81. The van der Waals surface area contributed by atoms with E-state index in [4.69, 9.17) is 21.1 Å². The first-order valence-electron chi connectivity index (χ1n) is 6.70. The van der Waals surface area contributed by atoms with E-state index in [1.54, 1.807) is 7.11 Å². The first-order valence-corrected chi connectivity index (χ1v) is 7.23. The van der Waals surface area contributed by atoms with Crippen molar-refractivity contribution < 1.29 is 24.5 Å². The number of hydrogen-bond acceptors (Lipinski definition) is 5. The molecule has 2 fully saturated rings. The van der Waals surface area contributed by atoms with E-state index in [1.165, 1.54) is 0 Å². The van der Waals surface area contributed by atoms with Gasteiger partial charge in [0, 0.05) is 7.11 Å². The lowest BCUT2D eigenvalue weighted by atomic mass is 9.62. The molecule has 0 bridgehead atoms. The Morgan fingerprint density at radius 2 is 2.00 bits per heavy atom. The smallest absolute Gasteiger partial charge is 0.310 e. The van der Waals surface area contributed by atoms with Crippen LogP contribution >= 0.6 is 11.6 Å². The lowest BCUT2D eigenvalue weighted by Gasteiger charge is -2.47. The quantitative estimate of drug-likeness (QED) is 0.597. The minimum atomic E-state index is -0.704. The first kappa shape index (κ1) is 15.0. The molecule has 0 amide bonds. The van der Waals surface area contributed by atoms with Crippen LogP contribution in [-0.4, -0.2) is 47.7 Å². The minimum Gasteiger partial charge on any atom is -0.449 e. The Labute approximate surface area is 117 Å². The third-order valence-electron chi connectivity index (χ3n) is 4.51. The second kappa shape index (κ2) is 6.39. The van der Waals surface area contributed by atoms with Crippen LogP contribution in [0.1, 0.15) is 25.7 Å². The van der Waals surface area contributed by atoms with Gasteiger partial charge in [0.25, 0.3) is 0 Å². The lowest BCUT2D eigenvalue weighted by Crippen LogP contribution is -2.52. The second-order valence-electron chi connectivity index (χ2n) is 5.48. The summed E-state index contributed by atoms with van der Waals surface area (Å²) in [4.78, 5) is 12.0. The van der Waals surface area contributed by atoms with Crippen LogP contribution in [0.15, 0.2) is 0 Å². The molecular weight excluding hydrogens is 272 g/mol. The Kier molecular flexibility index (Phi) is 5.06. The molecule has 0 radical (unpaired) electrons. The van der Waals surface area contributed by atoms with E-state index >= 15 is 0 Å². The van der Waals surface area contributed by atoms with Crippen LogP contribution in [0.2, 0.25) is 0 Å². The van der Waals surface area contributed by atoms with Gasteiger partial charge >= 0.3 is 5.97 Å². The average molecular weight is 293 g/mol. The average Bonchev–Trinajstić information content (AvgIpc) is 2.38. The molecule has 2 N–H and O–H groups in total. The molecule has 19 heavy (non-hydrogen) atoms. The summed E-state index contributed by atoms with van der Waals surface area (Å²) in [5.74, 6) is -0.620. The molecule has 2 aliphatic rings. The number of alkyl halides is 1. The fourth-order valence-electron chi connectivity index (χ4n) is 3.70. The van der Waals surface area contributed by atoms with E-state index in [-0.39, 0.29) is 42.0 Å². The van der Waals surface area contributed by atoms with Crippen LogP contribution < -0.4 is 0 Å². The zero-order valence-corrected chi connectivity index (χ0v) is 11.8. The monoisotopic (exact) mass is 292 g/mol. The predicted molar refractivity (Wildman–Crippen MR) is 68.6 cm³/mol. The van der Waals surface area contributed by atoms with Gasteiger partial charge in [0.1, 0.15) is 0 Å². The molecule has 0 spiro atoms. The summed E-state index contributed by atoms with van der Waals surface area (Å²) in [6.07, 6.45) is 0.924. The van der Waals surface area contributed by atoms with Gasteiger partial charge in [-0.05, 0) is 37.5 Å². The number of aliphatic hydroxyl groups is 2. The van der Waals surface area contributed by atoms with Gasteiger partial charge in [-0.2, -0.15) is 0 Å². The van der Waals surface area contributed by atoms with Gasteiger partial charge in [0.2, 0.25) is 0 Å². The van der Waals surface area contributed by atoms with Crippen molar-refractivity contribution in [3.63, 3.8) is 0 Å². The van der Waals surface area contributed by atoms with Gasteiger partial charge in [0.15, 0.2) is 6.07 Å². The number of ether oxygens (including phenoxy) is 2. The highest BCUT2D eigenvalue weighted by molar-refractivity contribution is 6.17. The third-order valence-corrected chi connectivity index (χ3v) is 4.62. The van der Waals surface area contributed by atoms with Gasteiger partial charge in [-0.3, -0.25) is 4.79 Å². The van der Waals surface area contributed by atoms with E-state index in [0.717, 1.165) is 6.42 Å². The fraction of sp³-hybridized carbons (Fsp3) is 0.923. The van der Waals surface area contributed by atoms with Crippen molar-refractivity contribution >= 4 is 17.6 Å². The van der Waals surface area contributed by atoms with Crippen LogP contribution in [0.25, 0.3) is 0 Å². The zero-order valence-electron chi connectivity index (χ0n) is 11.0. The molecule has 2 saturated carbocycles. The Balaban J connectivity index is 2.17. The maximum absolute atomic E-state index is 12.0. The summed E-state index contributed by atoms with van der Waals surface area (Å²) >= 11 is 5.44. The largest absolute Gasteiger partial charge is 0.449 e. The normalized spacial score (nSPS) is 42.5. The van der Waals surface area contributed by atoms with Crippen molar-refractivity contribution in [2.24, 2.45) is 17.8 Å². The molecule has 0 heterocycles. The maximum atomic E-state index is 12.0. The van der Waals surface area contributed by atoms with Crippen molar-refractivity contribution in [2.45, 2.75) is 44.0 Å². The van der Waals surface area contributed by atoms with Crippen LogP contribution in [0.5, 0.6) is 0 Å². The summed E-state index contributed by atoms with van der Waals surface area (Å²) < 4.78 is 10.3. The second-order valence-corrected chi connectivity index (χ2v) is 5.70. The first-order chi connectivity index (χ1) is 9.08. The Morgan fingerprint density at radius 3 is 2.63 bits per heavy atom. The molecule has 6 heteroatoms. The molecule has 0 aliphatic heterocycles. The highest BCUT2D eigenvalue weighted by atomic mass is 35.5. The van der Waals surface area contributed by atoms with E-state index in [1.807, 2.05) is 0 Å². The topological polar surface area (TPSA) is 76.0 Å². The minimum absolute atomic E-state index is 0.00891. The molecule has 110 valence electrons. The summed E-state index contributed by atoms with van der Waals surface area (Å²) in [5, 5.41) is 19.9. The Morgan fingerprint density at radius 1 is 1.26 bits per heavy atom. The van der Waals surface area contributed by atoms with Crippen LogP contribution in [0.4, 0.5) is 0 Å². The van der Waals surface area contributed by atoms with Gasteiger partial charge in [-0.15, -0.1) is 0 Å². The molecule has 0 aromatic heterocycles. The number of carbonyl (C=O) groups excluding carboxylic acids is 1. The number of aliphatic hydroxyl groups excluding tert-OH is 2. The van der Waals surface area contributed by atoms with E-state index in [2.05, 4.69) is 0 Å². The van der Waals surface area contributed by atoms with Crippen LogP contribution in [-0.2, 0) is 14.3 Å². The summed E-state index contributed by atoms with van der Waals surface area (Å²) in [6, 6.07) is -0.168. The van der Waals surface area contributed by atoms with Crippen molar-refractivity contribution in [1.29, 1.82) is 0 Å². The zero-order chi connectivity index (χ0) is 14.0. The number of halogens is 1. The van der Waals surface area contributed by atoms with E-state index < -0.39 is 6.10 Å². The van der Waals surface area contributed by atoms with E-state index in [9.17, 15) is 15.0 Å². The number of methoxy groups -OCH3 is 1. The standard InChI is InChI=1S/C13H21ClO5/c1-18-12-9-4-7(15)2-3-8(9)10(5-11(12)16)13(17)19-6-14/h7-12,15-16H,2-6H2,1H3/t7-,8+,9+,10-,11+,12+/m1/s1. The number of hydrogen-bond donors (Lipinski definition) is 2. The molecule has 0 saturated heterocycles. The maximum Gasteiger partial charge on any atom is 0.310 e. The van der Waals surface area contributed by atoms with Crippen LogP contribution in [0, 0.1) is 17.8 Å². The summed E-state index contributed by atoms with van der Waals surface area (Å²) in [5.41, 5.74) is 0. The van der Waals surface area contributed by atoms with Gasteiger partial charge < -0.3 is 19.7 Å². The molecule has 2 aliphatic carbocycles. The van der Waals surface area contributed by atoms with Crippen molar-refractivity contribution in [3.8, 4) is 0 Å². The summed E-state index contributed by atoms with van der Waals surface area (Å²) in [6.45, 7) is 0. The number of rotatable bonds is 3. The molecular formula is C13H21ClO5. The van der Waals surface area contributed by atoms with E-state index in [0.29, 0.717) is 19.3 Å². The molecule has 0 aromatic carbocycles. The van der Waals surface area contributed by atoms with Crippen molar-refractivity contribution in [2.75, 3.05) is 13.2 Å². The number of esters is 1. The summed E-state index contributed by atoms with van der Waals surface area (Å²) in [7, 11) is 1.56. The molecule has 5 nitrogen and oxygen atoms in total. The Bertz CT molecular complexity index is 324. The highest BCUT2D eigenvalue weighted by Crippen LogP contribution is 2.45. The Hall–Kier alpha value is -0.360. The number of fused-ring (bicyclic) bond motifs is 1. The van der Waals surface area contributed by atoms with Gasteiger partial charge in [-0.1, -0.05) is 11.6 Å². The van der Waals surface area contributed by atoms with Crippen LogP contribution in [0.3, 0.4) is 0 Å². The molecule has 0 aromatic rings. The highest BCUT2D eigenvalue weighted by Gasteiger charge is 2.49. The third kappa shape index (κ3) is 3.05. The predicted octanol–water partition coefficient (Wildman–Crippen LogP) is 0.899. The van der Waals surface area contributed by atoms with Crippen molar-refractivity contribution in [3.05, 3.63) is 0 Å². The molecule has 0 unspecified atom stereocenters. The van der Waals surface area contributed by atoms with Crippen molar-refractivity contribution in [1.82, 2.24) is 0 Å². The molecule has 2 rings (SSSR count).